The van der Waals surface area contributed by atoms with E-state index >= 15 is 0 Å². The molecule has 1 aromatic carbocycles. The molecular weight excluding hydrogens is 284 g/mol. The van der Waals surface area contributed by atoms with Crippen LogP contribution in [0.1, 0.15) is 0 Å². The van der Waals surface area contributed by atoms with Gasteiger partial charge < -0.3 is 10.1 Å². The van der Waals surface area contributed by atoms with Gasteiger partial charge in [0.05, 0.1) is 7.11 Å². The average molecular weight is 292 g/mol. The van der Waals surface area contributed by atoms with Gasteiger partial charge in [0.1, 0.15) is 23.9 Å². The van der Waals surface area contributed by atoms with Crippen molar-refractivity contribution in [2.24, 2.45) is 0 Å². The van der Waals surface area contributed by atoms with Gasteiger partial charge in [-0.3, -0.25) is 4.52 Å². The summed E-state index contributed by atoms with van der Waals surface area (Å²) in [4.78, 5) is 4.00. The smallest absolute Gasteiger partial charge is 0.417 e. The maximum Gasteiger partial charge on any atom is 0.417 e. The lowest BCUT2D eigenvalue weighted by Crippen LogP contribution is -2.00. The zero-order valence-corrected chi connectivity index (χ0v) is 11.4. The van der Waals surface area contributed by atoms with Crippen molar-refractivity contribution in [1.29, 1.82) is 15.8 Å². The first-order chi connectivity index (χ1) is 10.7. The van der Waals surface area contributed by atoms with Gasteiger partial charge in [-0.05, 0) is 12.1 Å². The van der Waals surface area contributed by atoms with Crippen molar-refractivity contribution in [3.8, 4) is 35.7 Å². The molecule has 0 aliphatic heterocycles. The van der Waals surface area contributed by atoms with E-state index in [9.17, 15) is 0 Å². The van der Waals surface area contributed by atoms with E-state index in [4.69, 9.17) is 25.0 Å². The van der Waals surface area contributed by atoms with Crippen molar-refractivity contribution in [2.75, 3.05) is 12.4 Å². The van der Waals surface area contributed by atoms with Gasteiger partial charge in [-0.2, -0.15) is 20.8 Å². The summed E-state index contributed by atoms with van der Waals surface area (Å²) < 4.78 is 9.64. The minimum Gasteiger partial charge on any atom is -0.452 e. The predicted molar refractivity (Wildman–Crippen MR) is 73.8 cm³/mol. The molecule has 0 spiro atoms. The minimum atomic E-state index is -0.297. The van der Waals surface area contributed by atoms with Gasteiger partial charge in [-0.15, -0.1) is 0 Å². The Hall–Kier alpha value is -3.83. The molecular formula is C14H8N6O2. The molecule has 0 radical (unpaired) electrons. The highest BCUT2D eigenvalue weighted by molar-refractivity contribution is 5.65. The highest BCUT2D eigenvalue weighted by Crippen LogP contribution is 2.22. The summed E-state index contributed by atoms with van der Waals surface area (Å²) in [5.41, 5.74) is 0.688. The molecule has 0 aliphatic rings. The zero-order chi connectivity index (χ0) is 15.9. The number of anilines is 1. The van der Waals surface area contributed by atoms with Gasteiger partial charge in [0.2, 0.25) is 5.82 Å². The largest absolute Gasteiger partial charge is 0.452 e. The summed E-state index contributed by atoms with van der Waals surface area (Å²) in [5, 5.41) is 33.1. The first-order valence-corrected chi connectivity index (χ1v) is 5.91. The fourth-order valence-electron chi connectivity index (χ4n) is 1.57. The number of methoxy groups -OCH3 is 1. The van der Waals surface area contributed by atoms with Crippen LogP contribution in [0.5, 0.6) is 6.08 Å². The Balaban J connectivity index is 2.34. The molecule has 8 nitrogen and oxygen atoms in total. The number of hydrogen-bond acceptors (Lipinski definition) is 8. The Bertz CT molecular complexity index is 831. The van der Waals surface area contributed by atoms with Crippen molar-refractivity contribution in [2.45, 2.75) is 0 Å². The molecule has 0 saturated carbocycles. The van der Waals surface area contributed by atoms with Crippen molar-refractivity contribution in [3.63, 3.8) is 0 Å². The summed E-state index contributed by atoms with van der Waals surface area (Å²) in [7, 11) is 1.41. The number of nitriles is 3. The van der Waals surface area contributed by atoms with E-state index in [2.05, 4.69) is 15.5 Å². The van der Waals surface area contributed by atoms with E-state index in [1.807, 2.05) is 0 Å². The fourth-order valence-corrected chi connectivity index (χ4v) is 1.57. The topological polar surface area (TPSA) is 132 Å². The van der Waals surface area contributed by atoms with Crippen molar-refractivity contribution in [1.82, 2.24) is 10.1 Å². The van der Waals surface area contributed by atoms with Gasteiger partial charge in [0.25, 0.3) is 0 Å². The van der Waals surface area contributed by atoms with E-state index in [-0.39, 0.29) is 17.3 Å². The van der Waals surface area contributed by atoms with Gasteiger partial charge in [0, 0.05) is 11.3 Å². The van der Waals surface area contributed by atoms with E-state index in [1.165, 1.54) is 7.11 Å². The number of aromatic nitrogens is 2. The highest BCUT2D eigenvalue weighted by Gasteiger charge is 2.10. The van der Waals surface area contributed by atoms with Crippen LogP contribution in [-0.4, -0.2) is 17.3 Å². The number of ether oxygens (including phenoxy) is 1. The molecule has 2 rings (SSSR count). The number of nitrogens with one attached hydrogen (secondary N) is 1. The molecule has 0 aliphatic carbocycles. The number of rotatable bonds is 4. The van der Waals surface area contributed by atoms with Crippen LogP contribution in [-0.2, 0) is 0 Å². The van der Waals surface area contributed by atoms with E-state index in [0.29, 0.717) is 17.1 Å². The quantitative estimate of drug-likeness (QED) is 0.846. The Morgan fingerprint density at radius 3 is 2.59 bits per heavy atom. The normalized spacial score (nSPS) is 9.00. The van der Waals surface area contributed by atoms with Gasteiger partial charge in [-0.25, -0.2) is 0 Å². The van der Waals surface area contributed by atoms with Crippen molar-refractivity contribution >= 4 is 5.69 Å². The molecule has 0 atom stereocenters. The zero-order valence-electron chi connectivity index (χ0n) is 11.4. The van der Waals surface area contributed by atoms with Crippen LogP contribution in [0, 0.1) is 34.0 Å². The Morgan fingerprint density at radius 2 is 2.00 bits per heavy atom. The predicted octanol–water partition coefficient (Wildman–Crippen LogP) is 1.98. The van der Waals surface area contributed by atoms with E-state index in [1.54, 1.807) is 42.5 Å². The van der Waals surface area contributed by atoms with Crippen molar-refractivity contribution < 1.29 is 9.26 Å². The molecule has 0 unspecified atom stereocenters. The minimum absolute atomic E-state index is 0.0298. The lowest BCUT2D eigenvalue weighted by atomic mass is 10.1. The maximum absolute atomic E-state index is 9.01. The average Bonchev–Trinajstić information content (AvgIpc) is 3.04. The van der Waals surface area contributed by atoms with Gasteiger partial charge in [0.15, 0.2) is 5.57 Å². The summed E-state index contributed by atoms with van der Waals surface area (Å²) in [6.45, 7) is 0. The molecule has 0 fully saturated rings. The molecule has 22 heavy (non-hydrogen) atoms. The number of nitrogens with zero attached hydrogens (tertiary/aromatic N) is 5. The number of hydrogen-bond donors (Lipinski definition) is 1. The summed E-state index contributed by atoms with van der Waals surface area (Å²) in [5.74, 6) is 0.309. The first kappa shape index (κ1) is 14.6. The Kier molecular flexibility index (Phi) is 4.34. The van der Waals surface area contributed by atoms with Crippen LogP contribution in [0.25, 0.3) is 11.4 Å². The molecule has 106 valence electrons. The molecule has 8 heteroatoms. The molecule has 0 bridgehead atoms. The standard InChI is InChI=1S/C14H8N6O2/c1-21-14-19-13(20-22-14)9-3-2-4-11(5-9)18-12(8-17)10(6-15)7-16/h2-5,18H,1H3. The number of benzene rings is 1. The lowest BCUT2D eigenvalue weighted by Gasteiger charge is -2.05. The van der Waals surface area contributed by atoms with E-state index < -0.39 is 0 Å². The molecule has 0 amide bonds. The van der Waals surface area contributed by atoms with Crippen LogP contribution < -0.4 is 10.1 Å². The Labute approximate surface area is 125 Å². The van der Waals surface area contributed by atoms with Crippen LogP contribution in [0.15, 0.2) is 40.1 Å². The summed E-state index contributed by atoms with van der Waals surface area (Å²) in [6.07, 6.45) is 0.0298. The number of allylic oxidation sites excluding steroid dienone is 2. The van der Waals surface area contributed by atoms with Gasteiger partial charge in [-0.1, -0.05) is 17.3 Å². The molecule has 1 N–H and O–H groups in total. The first-order valence-electron chi connectivity index (χ1n) is 5.91. The summed E-state index contributed by atoms with van der Waals surface area (Å²) >= 11 is 0. The van der Waals surface area contributed by atoms with Crippen LogP contribution in [0.4, 0.5) is 5.69 Å². The van der Waals surface area contributed by atoms with Crippen LogP contribution >= 0.6 is 0 Å². The van der Waals surface area contributed by atoms with Gasteiger partial charge >= 0.3 is 6.08 Å². The Morgan fingerprint density at radius 1 is 1.23 bits per heavy atom. The third kappa shape index (κ3) is 3.01. The second-order valence-corrected chi connectivity index (χ2v) is 3.88. The molecule has 1 aromatic heterocycles. The maximum atomic E-state index is 9.01. The second kappa shape index (κ2) is 6.56. The third-order valence-corrected chi connectivity index (χ3v) is 2.56. The van der Waals surface area contributed by atoms with Crippen LogP contribution in [0.2, 0.25) is 0 Å². The molecule has 2 aromatic rings. The molecule has 1 heterocycles. The van der Waals surface area contributed by atoms with E-state index in [0.717, 1.165) is 0 Å². The molecule has 0 saturated heterocycles. The van der Waals surface area contributed by atoms with Crippen LogP contribution in [0.3, 0.4) is 0 Å². The SMILES string of the molecule is COc1nc(-c2cccc(NC(C#N)=C(C#N)C#N)c2)no1. The fraction of sp³-hybridized carbons (Fsp3) is 0.0714. The van der Waals surface area contributed by atoms with Crippen molar-refractivity contribution in [3.05, 3.63) is 35.5 Å². The monoisotopic (exact) mass is 292 g/mol. The lowest BCUT2D eigenvalue weighted by molar-refractivity contribution is 0.250. The highest BCUT2D eigenvalue weighted by atomic mass is 16.6. The summed E-state index contributed by atoms with van der Waals surface area (Å²) in [6, 6.07) is 11.9. The second-order valence-electron chi connectivity index (χ2n) is 3.88. The third-order valence-electron chi connectivity index (χ3n) is 2.56.